The first-order valence-electron chi connectivity index (χ1n) is 12.0. The fraction of sp³-hybridized carbons (Fsp3) is 0.172. The maximum atomic E-state index is 12.4. The number of hydrogen-bond acceptors (Lipinski definition) is 5. The fourth-order valence-corrected chi connectivity index (χ4v) is 4.35. The molecule has 5 rings (SSSR count). The van der Waals surface area contributed by atoms with E-state index in [1.54, 1.807) is 23.1 Å². The minimum Gasteiger partial charge on any atom is -0.459 e. The molecular weight excluding hydrogens is 490 g/mol. The van der Waals surface area contributed by atoms with E-state index in [1.165, 1.54) is 12.3 Å². The molecule has 1 aliphatic heterocycles. The number of carbonyl (C=O) groups is 2. The number of piperazine rings is 1. The molecule has 0 radical (unpaired) electrons. The third-order valence-electron chi connectivity index (χ3n) is 6.28. The summed E-state index contributed by atoms with van der Waals surface area (Å²) < 4.78 is 11.1. The molecule has 1 saturated heterocycles. The molecule has 2 amide bonds. The van der Waals surface area contributed by atoms with E-state index in [2.05, 4.69) is 10.2 Å². The van der Waals surface area contributed by atoms with Crippen LogP contribution in [0, 0.1) is 6.92 Å². The van der Waals surface area contributed by atoms with Gasteiger partial charge in [-0.25, -0.2) is 0 Å². The van der Waals surface area contributed by atoms with Gasteiger partial charge in [0.1, 0.15) is 11.5 Å². The fourth-order valence-electron chi connectivity index (χ4n) is 4.16. The zero-order valence-corrected chi connectivity index (χ0v) is 21.1. The first-order valence-corrected chi connectivity index (χ1v) is 12.4. The quantitative estimate of drug-likeness (QED) is 0.313. The van der Waals surface area contributed by atoms with Gasteiger partial charge in [0, 0.05) is 54.2 Å². The molecule has 2 aromatic carbocycles. The zero-order valence-electron chi connectivity index (χ0n) is 20.3. The molecule has 2 aromatic heterocycles. The number of carbonyl (C=O) groups excluding carboxylic acids is 2. The predicted molar refractivity (Wildman–Crippen MR) is 145 cm³/mol. The average Bonchev–Trinajstić information content (AvgIpc) is 3.62. The number of furan rings is 2. The second-order valence-corrected chi connectivity index (χ2v) is 9.20. The van der Waals surface area contributed by atoms with E-state index in [4.69, 9.17) is 20.4 Å². The minimum atomic E-state index is -0.255. The maximum absolute atomic E-state index is 12.4. The Morgan fingerprint density at radius 2 is 1.76 bits per heavy atom. The third-order valence-corrected chi connectivity index (χ3v) is 6.69. The van der Waals surface area contributed by atoms with Gasteiger partial charge in [-0.05, 0) is 73.2 Å². The van der Waals surface area contributed by atoms with Crippen molar-refractivity contribution in [2.45, 2.75) is 6.92 Å². The summed E-state index contributed by atoms with van der Waals surface area (Å²) in [5, 5.41) is 3.54. The smallest absolute Gasteiger partial charge is 0.289 e. The normalized spacial score (nSPS) is 13.8. The number of benzene rings is 2. The molecule has 7 nitrogen and oxygen atoms in total. The molecule has 3 heterocycles. The van der Waals surface area contributed by atoms with Crippen LogP contribution in [0.4, 0.5) is 11.4 Å². The molecule has 0 bridgehead atoms. The van der Waals surface area contributed by atoms with Crippen molar-refractivity contribution in [1.82, 2.24) is 4.90 Å². The Labute approximate surface area is 219 Å². The molecule has 0 saturated carbocycles. The van der Waals surface area contributed by atoms with Crippen molar-refractivity contribution in [2.75, 3.05) is 36.4 Å². The summed E-state index contributed by atoms with van der Waals surface area (Å²) in [5.41, 5.74) is 3.62. The van der Waals surface area contributed by atoms with Crippen LogP contribution in [-0.4, -0.2) is 42.9 Å². The van der Waals surface area contributed by atoms with Crippen LogP contribution < -0.4 is 10.2 Å². The summed E-state index contributed by atoms with van der Waals surface area (Å²) in [4.78, 5) is 28.9. The summed E-state index contributed by atoms with van der Waals surface area (Å²) in [6, 6.07) is 20.5. The first-order chi connectivity index (χ1) is 18.0. The van der Waals surface area contributed by atoms with Crippen LogP contribution >= 0.6 is 11.6 Å². The topological polar surface area (TPSA) is 78.9 Å². The first kappa shape index (κ1) is 24.5. The Kier molecular flexibility index (Phi) is 7.14. The lowest BCUT2D eigenvalue weighted by Gasteiger charge is -2.35. The number of nitrogens with one attached hydrogen (secondary N) is 1. The van der Waals surface area contributed by atoms with Crippen molar-refractivity contribution in [2.24, 2.45) is 0 Å². The van der Waals surface area contributed by atoms with Gasteiger partial charge in [0.2, 0.25) is 5.91 Å². The van der Waals surface area contributed by atoms with Crippen LogP contribution in [0.3, 0.4) is 0 Å². The molecule has 4 aromatic rings. The molecule has 1 fully saturated rings. The SMILES string of the molecule is Cc1ccc(-c2ccc(C=CC(=O)Nc3ccc(N4CCN(C(=O)c5ccco5)CC4)cc3)o2)cc1Cl. The molecule has 0 spiro atoms. The second kappa shape index (κ2) is 10.8. The van der Waals surface area contributed by atoms with E-state index in [0.29, 0.717) is 41.1 Å². The second-order valence-electron chi connectivity index (χ2n) is 8.79. The minimum absolute atomic E-state index is 0.0823. The van der Waals surface area contributed by atoms with Gasteiger partial charge in [0.25, 0.3) is 5.91 Å². The monoisotopic (exact) mass is 515 g/mol. The zero-order chi connectivity index (χ0) is 25.8. The highest BCUT2D eigenvalue weighted by molar-refractivity contribution is 6.31. The van der Waals surface area contributed by atoms with Crippen LogP contribution in [0.1, 0.15) is 21.9 Å². The lowest BCUT2D eigenvalue weighted by atomic mass is 10.1. The molecule has 0 aliphatic carbocycles. The number of aryl methyl sites for hydroxylation is 1. The summed E-state index contributed by atoms with van der Waals surface area (Å²) >= 11 is 6.21. The van der Waals surface area contributed by atoms with Gasteiger partial charge < -0.3 is 24.0 Å². The number of halogens is 1. The summed E-state index contributed by atoms with van der Waals surface area (Å²) in [6.07, 6.45) is 4.58. The molecular formula is C29H26ClN3O4. The number of nitrogens with zero attached hydrogens (tertiary/aromatic N) is 2. The van der Waals surface area contributed by atoms with E-state index in [1.807, 2.05) is 61.5 Å². The van der Waals surface area contributed by atoms with Gasteiger partial charge in [0.15, 0.2) is 5.76 Å². The predicted octanol–water partition coefficient (Wildman–Crippen LogP) is 6.12. The number of amides is 2. The third kappa shape index (κ3) is 5.78. The van der Waals surface area contributed by atoms with Crippen molar-refractivity contribution < 1.29 is 18.4 Å². The maximum Gasteiger partial charge on any atom is 0.289 e. The van der Waals surface area contributed by atoms with E-state index in [9.17, 15) is 9.59 Å². The summed E-state index contributed by atoms with van der Waals surface area (Å²) in [6.45, 7) is 4.63. The Balaban J connectivity index is 1.13. The molecule has 0 unspecified atom stereocenters. The highest BCUT2D eigenvalue weighted by Crippen LogP contribution is 2.27. The van der Waals surface area contributed by atoms with Gasteiger partial charge >= 0.3 is 0 Å². The van der Waals surface area contributed by atoms with Crippen LogP contribution in [0.25, 0.3) is 17.4 Å². The Morgan fingerprint density at radius 1 is 0.973 bits per heavy atom. The van der Waals surface area contributed by atoms with E-state index >= 15 is 0 Å². The van der Waals surface area contributed by atoms with E-state index in [-0.39, 0.29) is 11.8 Å². The van der Waals surface area contributed by atoms with E-state index < -0.39 is 0 Å². The average molecular weight is 516 g/mol. The van der Waals surface area contributed by atoms with E-state index in [0.717, 1.165) is 29.9 Å². The summed E-state index contributed by atoms with van der Waals surface area (Å²) in [5.74, 6) is 1.28. The highest BCUT2D eigenvalue weighted by atomic mass is 35.5. The summed E-state index contributed by atoms with van der Waals surface area (Å²) in [7, 11) is 0. The van der Waals surface area contributed by atoms with Gasteiger partial charge in [0.05, 0.1) is 6.26 Å². The van der Waals surface area contributed by atoms with Crippen molar-refractivity contribution >= 4 is 40.9 Å². The molecule has 1 N–H and O–H groups in total. The largest absolute Gasteiger partial charge is 0.459 e. The Hall–Kier alpha value is -4.23. The lowest BCUT2D eigenvalue weighted by Crippen LogP contribution is -2.48. The van der Waals surface area contributed by atoms with Crippen LogP contribution in [0.2, 0.25) is 5.02 Å². The van der Waals surface area contributed by atoms with Gasteiger partial charge in [-0.1, -0.05) is 23.7 Å². The Morgan fingerprint density at radius 3 is 2.46 bits per heavy atom. The van der Waals surface area contributed by atoms with Crippen LogP contribution in [0.15, 0.2) is 87.9 Å². The Bertz CT molecular complexity index is 1420. The van der Waals surface area contributed by atoms with Crippen molar-refractivity contribution in [3.63, 3.8) is 0 Å². The van der Waals surface area contributed by atoms with Gasteiger partial charge in [-0.3, -0.25) is 9.59 Å². The highest BCUT2D eigenvalue weighted by Gasteiger charge is 2.23. The molecule has 37 heavy (non-hydrogen) atoms. The number of hydrogen-bond donors (Lipinski definition) is 1. The van der Waals surface area contributed by atoms with Gasteiger partial charge in [-0.15, -0.1) is 0 Å². The van der Waals surface area contributed by atoms with Crippen molar-refractivity contribution in [3.8, 4) is 11.3 Å². The lowest BCUT2D eigenvalue weighted by molar-refractivity contribution is -0.111. The van der Waals surface area contributed by atoms with Crippen LogP contribution in [0.5, 0.6) is 0 Å². The van der Waals surface area contributed by atoms with Gasteiger partial charge in [-0.2, -0.15) is 0 Å². The van der Waals surface area contributed by atoms with Crippen LogP contribution in [-0.2, 0) is 4.79 Å². The molecule has 188 valence electrons. The van der Waals surface area contributed by atoms with Crippen molar-refractivity contribution in [3.05, 3.63) is 101 Å². The standard InChI is InChI=1S/C29H26ClN3O4/c1-20-4-5-21(19-25(20)30)26-12-10-24(37-26)11-13-28(34)31-22-6-8-23(9-7-22)32-14-16-33(17-15-32)29(35)27-3-2-18-36-27/h2-13,18-19H,14-17H2,1H3,(H,31,34). The molecule has 1 aliphatic rings. The number of anilines is 2. The molecule has 8 heteroatoms. The molecule has 0 atom stereocenters. The number of rotatable bonds is 6. The van der Waals surface area contributed by atoms with Crippen molar-refractivity contribution in [1.29, 1.82) is 0 Å².